The number of hydrogen-bond donors (Lipinski definition) is 4. The van der Waals surface area contributed by atoms with Crippen molar-refractivity contribution >= 4 is 35.7 Å². The van der Waals surface area contributed by atoms with Crippen LogP contribution in [0.2, 0.25) is 0 Å². The highest BCUT2D eigenvalue weighted by molar-refractivity contribution is 5.46. The molecule has 106 heavy (non-hydrogen) atoms. The van der Waals surface area contributed by atoms with Gasteiger partial charge in [0, 0.05) is 96.8 Å². The van der Waals surface area contributed by atoms with Crippen LogP contribution in [0.4, 0.5) is 35.7 Å². The molecule has 22 heteroatoms. The van der Waals surface area contributed by atoms with Crippen molar-refractivity contribution in [1.29, 1.82) is 0 Å². The molecule has 8 aliphatic rings. The number of anilines is 6. The van der Waals surface area contributed by atoms with E-state index in [4.69, 9.17) is 58.7 Å². The minimum atomic E-state index is -0.237. The molecule has 0 aromatic carbocycles. The Balaban J connectivity index is 0.770. The van der Waals surface area contributed by atoms with Crippen molar-refractivity contribution in [2.24, 2.45) is 11.8 Å². The van der Waals surface area contributed by atoms with Crippen LogP contribution in [-0.2, 0) is 28.8 Å². The molecule has 4 saturated heterocycles. The van der Waals surface area contributed by atoms with E-state index in [-0.39, 0.29) is 68.6 Å². The fourth-order valence-electron chi connectivity index (χ4n) is 21.4. The molecule has 6 heterocycles. The average Bonchev–Trinajstić information content (AvgIpc) is 0.792. The first-order chi connectivity index (χ1) is 50.3. The van der Waals surface area contributed by atoms with Crippen LogP contribution in [0.5, 0.6) is 0 Å². The number of nitrogens with one attached hydrogen (secondary N) is 4. The van der Waals surface area contributed by atoms with Crippen molar-refractivity contribution in [3.63, 3.8) is 0 Å². The Morgan fingerprint density at radius 3 is 0.764 bits per heavy atom. The highest BCUT2D eigenvalue weighted by Gasteiger charge is 2.53. The Hall–Kier alpha value is -3.58. The smallest absolute Gasteiger partial charge is 0.234 e. The highest BCUT2D eigenvalue weighted by Crippen LogP contribution is 2.49. The molecule has 606 valence electrons. The van der Waals surface area contributed by atoms with E-state index >= 15 is 0 Å². The quantitative estimate of drug-likeness (QED) is 0.0367. The fourth-order valence-corrected chi connectivity index (χ4v) is 21.4. The predicted molar refractivity (Wildman–Crippen MR) is 432 cm³/mol. The van der Waals surface area contributed by atoms with Gasteiger partial charge in [-0.15, -0.1) is 0 Å². The van der Waals surface area contributed by atoms with Crippen LogP contribution in [0, 0.1) is 11.8 Å². The maximum atomic E-state index is 6.97. The summed E-state index contributed by atoms with van der Waals surface area (Å²) in [5.41, 5.74) is -1.01. The second-order valence-electron chi connectivity index (χ2n) is 39.3. The van der Waals surface area contributed by atoms with Gasteiger partial charge in [-0.25, -0.2) is 0 Å². The van der Waals surface area contributed by atoms with E-state index in [0.29, 0.717) is 73.2 Å². The number of piperidine rings is 4. The molecule has 4 saturated carbocycles. The number of hydrogen-bond acceptors (Lipinski definition) is 22. The number of nitrogens with zero attached hydrogens (tertiary/aromatic N) is 12. The Morgan fingerprint density at radius 1 is 0.302 bits per heavy atom. The highest BCUT2D eigenvalue weighted by atomic mass is 16.7. The minimum absolute atomic E-state index is 0.0160. The van der Waals surface area contributed by atoms with Gasteiger partial charge in [0.1, 0.15) is 13.5 Å². The van der Waals surface area contributed by atoms with E-state index in [2.05, 4.69) is 162 Å². The number of hydroxylamine groups is 8. The zero-order valence-electron chi connectivity index (χ0n) is 70.5. The average molecular weight is 1480 g/mol. The van der Waals surface area contributed by atoms with Crippen molar-refractivity contribution in [2.45, 2.75) is 436 Å². The molecule has 0 amide bonds. The van der Waals surface area contributed by atoms with Crippen LogP contribution >= 0.6 is 0 Å². The molecule has 0 bridgehead atoms. The molecular weight excluding hydrogens is 1330 g/mol. The van der Waals surface area contributed by atoms with Crippen LogP contribution in [0.3, 0.4) is 0 Å². The molecule has 2 aromatic heterocycles. The van der Waals surface area contributed by atoms with E-state index < -0.39 is 0 Å². The third-order valence-corrected chi connectivity index (χ3v) is 25.2. The topological polar surface area (TPSA) is 200 Å². The summed E-state index contributed by atoms with van der Waals surface area (Å²) in [7, 11) is 3.56. The normalized spacial score (nSPS) is 24.8. The first kappa shape index (κ1) is 84.9. The van der Waals surface area contributed by atoms with Gasteiger partial charge in [0.05, 0.1) is 24.4 Å². The number of methoxy groups -OCH3 is 2. The monoisotopic (exact) mass is 1480 g/mol. The lowest BCUT2D eigenvalue weighted by molar-refractivity contribution is -0.314. The SMILES string of the molecule is COCN(c1nc(NCCCCCCNc2nc(NCCCCC3CC(C)(C)N(OC4CCCCC4)C(C)(C)C3)nc(N(COC)C3CC(C)(C)N(OC4CCCCC4)C(C)(C)C3)n2)nc(NCCCCC2CC(C)(C)N(OC3CCCCC3)C(C)(C)C2)n1)C1CC(C)(C)N(OC2CCCCC2)C(C)(C)C1. The summed E-state index contributed by atoms with van der Waals surface area (Å²) in [4.78, 5) is 63.3. The van der Waals surface area contributed by atoms with Crippen LogP contribution in [0.1, 0.15) is 355 Å². The first-order valence-corrected chi connectivity index (χ1v) is 43.2. The van der Waals surface area contributed by atoms with E-state index in [1.54, 1.807) is 14.2 Å². The van der Waals surface area contributed by atoms with Crippen molar-refractivity contribution < 1.29 is 28.8 Å². The van der Waals surface area contributed by atoms with E-state index in [1.165, 1.54) is 116 Å². The van der Waals surface area contributed by atoms with Gasteiger partial charge in [0.25, 0.3) is 0 Å². The summed E-state index contributed by atoms with van der Waals surface area (Å²) in [5.74, 6) is 4.94. The van der Waals surface area contributed by atoms with Gasteiger partial charge in [0.2, 0.25) is 35.7 Å². The maximum absolute atomic E-state index is 6.97. The van der Waals surface area contributed by atoms with E-state index in [0.717, 1.165) is 155 Å². The minimum Gasteiger partial charge on any atom is -0.364 e. The molecule has 0 atom stereocenters. The lowest BCUT2D eigenvalue weighted by Gasteiger charge is -2.56. The summed E-state index contributed by atoms with van der Waals surface area (Å²) < 4.78 is 12.1. The van der Waals surface area contributed by atoms with Gasteiger partial charge in [-0.3, -0.25) is 19.4 Å². The summed E-state index contributed by atoms with van der Waals surface area (Å²) >= 11 is 0. The van der Waals surface area contributed by atoms with E-state index in [1.807, 2.05) is 0 Å². The van der Waals surface area contributed by atoms with Crippen molar-refractivity contribution in [1.82, 2.24) is 50.2 Å². The molecule has 0 spiro atoms. The molecule has 8 fully saturated rings. The molecule has 10 rings (SSSR count). The van der Waals surface area contributed by atoms with Gasteiger partial charge in [0.15, 0.2) is 0 Å². The lowest BCUT2D eigenvalue weighted by Crippen LogP contribution is -2.65. The molecule has 2 aromatic rings. The maximum Gasteiger partial charge on any atom is 0.234 e. The fraction of sp³-hybridized carbons (Fsp3) is 0.929. The Kier molecular flexibility index (Phi) is 30.3. The van der Waals surface area contributed by atoms with Gasteiger partial charge in [-0.05, 0) is 251 Å². The van der Waals surface area contributed by atoms with Crippen molar-refractivity contribution in [2.75, 3.05) is 84.9 Å². The van der Waals surface area contributed by atoms with E-state index in [9.17, 15) is 0 Å². The largest absolute Gasteiger partial charge is 0.364 e. The molecule has 0 unspecified atom stereocenters. The molecule has 0 radical (unpaired) electrons. The zero-order valence-corrected chi connectivity index (χ0v) is 70.5. The van der Waals surface area contributed by atoms with Crippen molar-refractivity contribution in [3.8, 4) is 0 Å². The zero-order chi connectivity index (χ0) is 76.0. The molecule has 22 nitrogen and oxygen atoms in total. The number of aromatic nitrogens is 6. The Bertz CT molecular complexity index is 2680. The predicted octanol–water partition coefficient (Wildman–Crippen LogP) is 18.8. The molecule has 4 N–H and O–H groups in total. The second-order valence-corrected chi connectivity index (χ2v) is 39.3. The van der Waals surface area contributed by atoms with Gasteiger partial charge < -0.3 is 40.5 Å². The first-order valence-electron chi connectivity index (χ1n) is 43.2. The summed E-state index contributed by atoms with van der Waals surface area (Å²) in [6, 6.07) is 0.209. The van der Waals surface area contributed by atoms with Crippen molar-refractivity contribution in [3.05, 3.63) is 0 Å². The summed E-state index contributed by atoms with van der Waals surface area (Å²) in [6.45, 7) is 41.7. The number of unbranched alkanes of at least 4 members (excludes halogenated alkanes) is 5. The van der Waals surface area contributed by atoms with Gasteiger partial charge in [-0.1, -0.05) is 116 Å². The van der Waals surface area contributed by atoms with Crippen LogP contribution < -0.4 is 31.1 Å². The van der Waals surface area contributed by atoms with Crippen LogP contribution in [0.15, 0.2) is 0 Å². The standard InChI is InChI=1S/C84H154N16O6/c1-77(2)53-63(54-78(3,4)97(77)103-67-41-25-21-26-42-67)39-33-37-51-87-73-89-71(91-75(93-73)95(61-101-17)65-57-81(9,10)99(82(11,12)58-65)105-69-45-29-23-30-46-69)85-49-35-19-20-36-50-86-72-90-74(88-52-38-34-40-64-55-79(5,6)98(80(7,8)56-64)104-68-43-27-22-28-44-68)94-76(92-72)96(62-102-18)66-59-83(13,14)100(84(15,16)60-66)106-70-47-31-24-32-48-70/h63-70H,19-62H2,1-18H3,(H2,85,87,89,91,93)(H2,86,88,90,92,94). The Labute approximate surface area is 643 Å². The Morgan fingerprint density at radius 2 is 0.528 bits per heavy atom. The van der Waals surface area contributed by atoms with Gasteiger partial charge in [-0.2, -0.15) is 50.2 Å². The number of rotatable bonds is 37. The molecular formula is C84H154N16O6. The lowest BCUT2D eigenvalue weighted by atomic mass is 9.73. The van der Waals surface area contributed by atoms with Crippen LogP contribution in [0.25, 0.3) is 0 Å². The molecule has 4 aliphatic carbocycles. The third kappa shape index (κ3) is 23.5. The second kappa shape index (κ2) is 37.8. The summed E-state index contributed by atoms with van der Waals surface area (Å²) in [5, 5.41) is 24.2. The molecule has 4 aliphatic heterocycles. The summed E-state index contributed by atoms with van der Waals surface area (Å²) in [6.07, 6.45) is 44.7. The number of ether oxygens (including phenoxy) is 2. The third-order valence-electron chi connectivity index (χ3n) is 25.2. The van der Waals surface area contributed by atoms with Crippen LogP contribution in [-0.4, -0.2) is 185 Å². The van der Waals surface area contributed by atoms with Gasteiger partial charge >= 0.3 is 0 Å².